The molecular formula is C27H38O4. The molecule has 0 aliphatic rings. The molecule has 0 amide bonds. The van der Waals surface area contributed by atoms with Gasteiger partial charge in [-0.3, -0.25) is 4.79 Å². The Morgan fingerprint density at radius 3 is 1.74 bits per heavy atom. The van der Waals surface area contributed by atoms with Gasteiger partial charge in [0, 0.05) is 5.56 Å². The molecule has 0 radical (unpaired) electrons. The second-order valence-corrected chi connectivity index (χ2v) is 8.34. The van der Waals surface area contributed by atoms with E-state index in [0.717, 1.165) is 44.1 Å². The van der Waals surface area contributed by atoms with E-state index in [0.29, 0.717) is 18.3 Å². The first kappa shape index (κ1) is 26.4. The van der Waals surface area contributed by atoms with Crippen LogP contribution in [0.25, 0.3) is 0 Å². The van der Waals surface area contributed by atoms with Crippen molar-refractivity contribution in [2.45, 2.75) is 72.6 Å². The minimum absolute atomic E-state index is 0.0134. The van der Waals surface area contributed by atoms with E-state index in [1.165, 1.54) is 28.9 Å². The lowest BCUT2D eigenvalue weighted by Crippen LogP contribution is -1.90. The first-order chi connectivity index (χ1) is 14.8. The van der Waals surface area contributed by atoms with Crippen LogP contribution in [0, 0.1) is 0 Å². The zero-order chi connectivity index (χ0) is 23.2. The maximum atomic E-state index is 11.0. The average molecular weight is 427 g/mol. The molecule has 170 valence electrons. The van der Waals surface area contributed by atoms with Crippen molar-refractivity contribution >= 4 is 6.29 Å². The Bertz CT molecular complexity index is 841. The number of aldehydes is 1. The third-order valence-corrected chi connectivity index (χ3v) is 5.34. The van der Waals surface area contributed by atoms with Crippen LogP contribution in [0.15, 0.2) is 58.7 Å². The van der Waals surface area contributed by atoms with E-state index in [4.69, 9.17) is 5.11 Å². The standard InChI is InChI=1S/C27H38O4/c1-20(8-5-9-21(2)11-7-13-23(4)18-28)10-6-12-22(3)14-15-24-16-26(30)17-25(19-29)27(24)31/h9-10,13-14,16-17,19,28,30-31H,5-8,11-12,15,18H2,1-4H3. The number of aromatic hydroxyl groups is 2. The van der Waals surface area contributed by atoms with Gasteiger partial charge in [0.1, 0.15) is 11.5 Å². The van der Waals surface area contributed by atoms with Gasteiger partial charge in [-0.05, 0) is 84.8 Å². The van der Waals surface area contributed by atoms with Crippen LogP contribution in [-0.2, 0) is 6.42 Å². The van der Waals surface area contributed by atoms with Crippen molar-refractivity contribution in [2.24, 2.45) is 0 Å². The third-order valence-electron chi connectivity index (χ3n) is 5.34. The van der Waals surface area contributed by atoms with E-state index < -0.39 is 0 Å². The van der Waals surface area contributed by atoms with Crippen LogP contribution in [0.1, 0.15) is 82.1 Å². The van der Waals surface area contributed by atoms with Crippen LogP contribution < -0.4 is 0 Å². The molecular weight excluding hydrogens is 388 g/mol. The highest BCUT2D eigenvalue weighted by Gasteiger charge is 2.08. The summed E-state index contributed by atoms with van der Waals surface area (Å²) in [6.07, 6.45) is 15.8. The molecule has 3 N–H and O–H groups in total. The van der Waals surface area contributed by atoms with E-state index in [9.17, 15) is 15.0 Å². The summed E-state index contributed by atoms with van der Waals surface area (Å²) in [4.78, 5) is 11.0. The number of benzene rings is 1. The van der Waals surface area contributed by atoms with Crippen molar-refractivity contribution in [3.8, 4) is 11.5 Å². The van der Waals surface area contributed by atoms with Gasteiger partial charge in [0.25, 0.3) is 0 Å². The smallest absolute Gasteiger partial charge is 0.153 e. The van der Waals surface area contributed by atoms with Gasteiger partial charge < -0.3 is 15.3 Å². The van der Waals surface area contributed by atoms with E-state index in [1.807, 2.05) is 13.0 Å². The molecule has 0 spiro atoms. The minimum atomic E-state index is -0.0597. The van der Waals surface area contributed by atoms with Crippen molar-refractivity contribution < 1.29 is 20.1 Å². The number of allylic oxidation sites excluding steroid dienone is 7. The second kappa shape index (κ2) is 14.4. The lowest BCUT2D eigenvalue weighted by molar-refractivity contribution is 0.112. The van der Waals surface area contributed by atoms with E-state index in [1.54, 1.807) is 0 Å². The highest BCUT2D eigenvalue weighted by atomic mass is 16.3. The van der Waals surface area contributed by atoms with Crippen LogP contribution in [0.2, 0.25) is 0 Å². The number of carbonyl (C=O) groups excluding carboxylic acids is 1. The molecule has 0 aliphatic heterocycles. The molecule has 1 aromatic carbocycles. The van der Waals surface area contributed by atoms with Crippen molar-refractivity contribution in [1.82, 2.24) is 0 Å². The van der Waals surface area contributed by atoms with Gasteiger partial charge in [0.2, 0.25) is 0 Å². The third kappa shape index (κ3) is 10.8. The Hall–Kier alpha value is -2.59. The topological polar surface area (TPSA) is 77.8 Å². The van der Waals surface area contributed by atoms with Crippen LogP contribution >= 0.6 is 0 Å². The number of aliphatic hydroxyl groups is 1. The minimum Gasteiger partial charge on any atom is -0.508 e. The number of hydrogen-bond acceptors (Lipinski definition) is 4. The molecule has 4 nitrogen and oxygen atoms in total. The van der Waals surface area contributed by atoms with E-state index in [-0.39, 0.29) is 23.7 Å². The first-order valence-electron chi connectivity index (χ1n) is 11.0. The van der Waals surface area contributed by atoms with Crippen LogP contribution in [0.5, 0.6) is 11.5 Å². The highest BCUT2D eigenvalue weighted by Crippen LogP contribution is 2.27. The molecule has 0 saturated carbocycles. The Morgan fingerprint density at radius 1 is 0.774 bits per heavy atom. The van der Waals surface area contributed by atoms with Gasteiger partial charge in [-0.25, -0.2) is 0 Å². The highest BCUT2D eigenvalue weighted by molar-refractivity contribution is 5.81. The molecule has 0 bridgehead atoms. The number of carbonyl (C=O) groups is 1. The fourth-order valence-electron chi connectivity index (χ4n) is 3.24. The number of rotatable bonds is 13. The molecule has 0 heterocycles. The maximum Gasteiger partial charge on any atom is 0.153 e. The van der Waals surface area contributed by atoms with E-state index >= 15 is 0 Å². The number of aliphatic hydroxyl groups excluding tert-OH is 1. The molecule has 31 heavy (non-hydrogen) atoms. The summed E-state index contributed by atoms with van der Waals surface area (Å²) >= 11 is 0. The zero-order valence-corrected chi connectivity index (χ0v) is 19.4. The van der Waals surface area contributed by atoms with Gasteiger partial charge in [0.05, 0.1) is 12.2 Å². The predicted molar refractivity (Wildman–Crippen MR) is 129 cm³/mol. The SMILES string of the molecule is CC(=CCCC(C)=CCCC(C)=CCCC(C)=CCc1cc(O)cc(C=O)c1O)CO. The van der Waals surface area contributed by atoms with Crippen molar-refractivity contribution in [3.05, 3.63) is 69.9 Å². The van der Waals surface area contributed by atoms with Crippen LogP contribution in [0.4, 0.5) is 0 Å². The van der Waals surface area contributed by atoms with Gasteiger partial charge in [-0.1, -0.05) is 46.6 Å². The molecule has 1 rings (SSSR count). The quantitative estimate of drug-likeness (QED) is 0.189. The molecule has 0 aromatic heterocycles. The van der Waals surface area contributed by atoms with Crippen molar-refractivity contribution in [1.29, 1.82) is 0 Å². The molecule has 0 aliphatic carbocycles. The lowest BCUT2D eigenvalue weighted by atomic mass is 10.0. The molecule has 4 heteroatoms. The second-order valence-electron chi connectivity index (χ2n) is 8.34. The average Bonchev–Trinajstić information content (AvgIpc) is 2.73. The Labute approximate surface area is 187 Å². The van der Waals surface area contributed by atoms with Crippen molar-refractivity contribution in [2.75, 3.05) is 6.61 Å². The first-order valence-corrected chi connectivity index (χ1v) is 11.0. The Kier molecular flexibility index (Phi) is 12.3. The summed E-state index contributed by atoms with van der Waals surface area (Å²) in [5.74, 6) is -0.0731. The fourth-order valence-corrected chi connectivity index (χ4v) is 3.24. The van der Waals surface area contributed by atoms with Crippen LogP contribution in [-0.4, -0.2) is 28.2 Å². The summed E-state index contributed by atoms with van der Waals surface area (Å²) in [6, 6.07) is 2.76. The summed E-state index contributed by atoms with van der Waals surface area (Å²) in [5.41, 5.74) is 5.68. The number of phenols is 2. The molecule has 1 aromatic rings. The zero-order valence-electron chi connectivity index (χ0n) is 19.4. The normalized spacial score (nSPS) is 13.6. The summed E-state index contributed by atoms with van der Waals surface area (Å²) in [6.45, 7) is 8.48. The molecule has 0 saturated heterocycles. The van der Waals surface area contributed by atoms with E-state index in [2.05, 4.69) is 39.0 Å². The summed E-state index contributed by atoms with van der Waals surface area (Å²) < 4.78 is 0. The summed E-state index contributed by atoms with van der Waals surface area (Å²) in [5, 5.41) is 28.8. The molecule has 0 atom stereocenters. The molecule has 0 fully saturated rings. The van der Waals surface area contributed by atoms with Gasteiger partial charge in [-0.15, -0.1) is 0 Å². The van der Waals surface area contributed by atoms with Crippen LogP contribution in [0.3, 0.4) is 0 Å². The molecule has 0 unspecified atom stereocenters. The van der Waals surface area contributed by atoms with Gasteiger partial charge in [0.15, 0.2) is 6.29 Å². The lowest BCUT2D eigenvalue weighted by Gasteiger charge is -2.06. The monoisotopic (exact) mass is 426 g/mol. The number of phenolic OH excluding ortho intramolecular Hbond substituents is 2. The largest absolute Gasteiger partial charge is 0.508 e. The Morgan fingerprint density at radius 2 is 1.26 bits per heavy atom. The van der Waals surface area contributed by atoms with Gasteiger partial charge >= 0.3 is 0 Å². The van der Waals surface area contributed by atoms with Crippen molar-refractivity contribution in [3.63, 3.8) is 0 Å². The maximum absolute atomic E-state index is 11.0. The fraction of sp³-hybridized carbons (Fsp3) is 0.444. The van der Waals surface area contributed by atoms with Gasteiger partial charge in [-0.2, -0.15) is 0 Å². The number of hydrogen-bond donors (Lipinski definition) is 3. The Balaban J connectivity index is 2.43. The summed E-state index contributed by atoms with van der Waals surface area (Å²) in [7, 11) is 0. The predicted octanol–water partition coefficient (Wildman–Crippen LogP) is 6.57.